The minimum atomic E-state index is -1.16. The van der Waals surface area contributed by atoms with E-state index in [4.69, 9.17) is 5.11 Å². The zero-order valence-corrected chi connectivity index (χ0v) is 23.0. The van der Waals surface area contributed by atoms with E-state index in [0.717, 1.165) is 39.0 Å². The summed E-state index contributed by atoms with van der Waals surface area (Å²) in [6.45, 7) is 2.63. The van der Waals surface area contributed by atoms with Gasteiger partial charge in [-0.1, -0.05) is 0 Å². The lowest BCUT2D eigenvalue weighted by molar-refractivity contribution is 0.0806. The number of aryl methyl sites for hydroxylation is 1. The Morgan fingerprint density at radius 1 is 0.976 bits per heavy atom. The molecule has 1 saturated carbocycles. The summed E-state index contributed by atoms with van der Waals surface area (Å²) in [5.74, 6) is -0.237. The highest BCUT2D eigenvalue weighted by Gasteiger charge is 2.68. The molecule has 5 aromatic rings. The van der Waals surface area contributed by atoms with Crippen LogP contribution in [0.15, 0.2) is 65.7 Å². The van der Waals surface area contributed by atoms with Gasteiger partial charge in [-0.3, -0.25) is 19.7 Å². The van der Waals surface area contributed by atoms with Crippen molar-refractivity contribution in [3.63, 3.8) is 0 Å². The standard InChI is InChI=1S/C31H23N5O5S/c1-14-13-42-27-24(37)10-25-31(26(14)27)11-17(31)12-36(25)29(39)23-9-16-6-18(2-4-21(16)35-23)32-28(38)22-8-15-7-19(33-30(40)41)3-5-20(15)34-22/h2-10,13,17,33-35H,11-12H2,1H3,(H,32,38)(H,40,41)/t17-,31+/m1/s1. The van der Waals surface area contributed by atoms with Crippen molar-refractivity contribution in [2.24, 2.45) is 5.92 Å². The van der Waals surface area contributed by atoms with E-state index in [1.54, 1.807) is 53.4 Å². The second-order valence-corrected chi connectivity index (χ2v) is 12.0. The number of nitrogens with zero attached hydrogens (tertiary/aromatic N) is 1. The number of rotatable bonds is 4. The van der Waals surface area contributed by atoms with Gasteiger partial charge in [-0.25, -0.2) is 4.79 Å². The summed E-state index contributed by atoms with van der Waals surface area (Å²) in [6, 6.07) is 13.8. The highest BCUT2D eigenvalue weighted by atomic mass is 32.1. The minimum Gasteiger partial charge on any atom is -0.465 e. The number of thiophene rings is 1. The molecule has 11 heteroatoms. The fourth-order valence-corrected chi connectivity index (χ4v) is 7.80. The van der Waals surface area contributed by atoms with Crippen LogP contribution in [0.4, 0.5) is 16.2 Å². The quantitative estimate of drug-likeness (QED) is 0.182. The lowest BCUT2D eigenvalue weighted by Gasteiger charge is -2.28. The van der Waals surface area contributed by atoms with Gasteiger partial charge in [0.1, 0.15) is 11.4 Å². The number of piperidine rings is 1. The smallest absolute Gasteiger partial charge is 0.409 e. The number of allylic oxidation sites excluding steroid dienone is 2. The van der Waals surface area contributed by atoms with Crippen molar-refractivity contribution < 1.29 is 24.3 Å². The second kappa shape index (κ2) is 8.43. The van der Waals surface area contributed by atoms with Crippen LogP contribution >= 0.6 is 11.3 Å². The van der Waals surface area contributed by atoms with E-state index in [0.29, 0.717) is 46.1 Å². The average molecular weight is 578 g/mol. The van der Waals surface area contributed by atoms with Crippen LogP contribution in [0.3, 0.4) is 0 Å². The predicted octanol–water partition coefficient (Wildman–Crippen LogP) is 5.86. The van der Waals surface area contributed by atoms with Gasteiger partial charge >= 0.3 is 6.09 Å². The highest BCUT2D eigenvalue weighted by molar-refractivity contribution is 7.12. The number of hydrogen-bond acceptors (Lipinski definition) is 5. The fraction of sp³-hybridized carbons (Fsp3) is 0.161. The molecule has 42 heavy (non-hydrogen) atoms. The number of aromatic nitrogens is 2. The average Bonchev–Trinajstić information content (AvgIpc) is 3.40. The molecule has 2 aliphatic carbocycles. The van der Waals surface area contributed by atoms with Gasteiger partial charge in [-0.05, 0) is 84.3 Å². The van der Waals surface area contributed by atoms with Crippen LogP contribution in [0.1, 0.15) is 48.2 Å². The first-order valence-electron chi connectivity index (χ1n) is 13.4. The van der Waals surface area contributed by atoms with E-state index in [2.05, 4.69) is 20.6 Å². The SMILES string of the molecule is Cc1csc2c1[C@@]13C[C@@H]1CN(C(=O)c1cc4cc(NC(=O)c5cc6cc(NC(=O)O)ccc6[nH]5)ccc4[nH]1)C3=CC2=O. The molecular weight excluding hydrogens is 554 g/mol. The highest BCUT2D eigenvalue weighted by Crippen LogP contribution is 2.68. The van der Waals surface area contributed by atoms with Crippen LogP contribution < -0.4 is 10.6 Å². The van der Waals surface area contributed by atoms with Gasteiger partial charge in [0.25, 0.3) is 11.8 Å². The Balaban J connectivity index is 1.03. The largest absolute Gasteiger partial charge is 0.465 e. The van der Waals surface area contributed by atoms with Crippen LogP contribution in [0.25, 0.3) is 21.8 Å². The molecule has 208 valence electrons. The van der Waals surface area contributed by atoms with E-state index >= 15 is 0 Å². The maximum atomic E-state index is 13.7. The number of carbonyl (C=O) groups is 4. The molecule has 10 nitrogen and oxygen atoms in total. The number of carboxylic acid groups (broad SMARTS) is 1. The topological polar surface area (TPSA) is 147 Å². The molecule has 8 rings (SSSR count). The zero-order valence-electron chi connectivity index (χ0n) is 22.2. The first-order valence-corrected chi connectivity index (χ1v) is 14.3. The maximum Gasteiger partial charge on any atom is 0.409 e. The third kappa shape index (κ3) is 3.50. The van der Waals surface area contributed by atoms with Gasteiger partial charge < -0.3 is 25.3 Å². The Morgan fingerprint density at radius 2 is 1.64 bits per heavy atom. The van der Waals surface area contributed by atoms with Crippen molar-refractivity contribution in [3.05, 3.63) is 93.1 Å². The number of anilines is 2. The van der Waals surface area contributed by atoms with Gasteiger partial charge in [0.2, 0.25) is 0 Å². The molecule has 3 amide bonds. The lowest BCUT2D eigenvalue weighted by Crippen LogP contribution is -2.33. The molecule has 3 aromatic heterocycles. The number of carbonyl (C=O) groups excluding carboxylic acids is 3. The zero-order chi connectivity index (χ0) is 28.9. The number of nitrogens with one attached hydrogen (secondary N) is 4. The Kier molecular flexibility index (Phi) is 4.94. The van der Waals surface area contributed by atoms with Gasteiger partial charge in [0.05, 0.1) is 4.88 Å². The minimum absolute atomic E-state index is 0.0292. The molecule has 2 fully saturated rings. The van der Waals surface area contributed by atoms with Gasteiger partial charge in [-0.15, -0.1) is 11.3 Å². The number of fused-ring (bicyclic) bond motifs is 3. The van der Waals surface area contributed by atoms with Crippen molar-refractivity contribution in [1.82, 2.24) is 14.9 Å². The van der Waals surface area contributed by atoms with Crippen molar-refractivity contribution >= 4 is 68.2 Å². The molecule has 0 radical (unpaired) electrons. The molecule has 5 N–H and O–H groups in total. The van der Waals surface area contributed by atoms with Crippen molar-refractivity contribution in [1.29, 1.82) is 0 Å². The summed E-state index contributed by atoms with van der Waals surface area (Å²) in [4.78, 5) is 59.4. The molecule has 2 atom stereocenters. The Morgan fingerprint density at radius 3 is 2.36 bits per heavy atom. The molecule has 1 aliphatic heterocycles. The van der Waals surface area contributed by atoms with Gasteiger partial charge in [0.15, 0.2) is 5.78 Å². The Hall–Kier alpha value is -5.16. The molecule has 1 saturated heterocycles. The fourth-order valence-electron chi connectivity index (χ4n) is 6.75. The van der Waals surface area contributed by atoms with Crippen molar-refractivity contribution in [3.8, 4) is 0 Å². The summed E-state index contributed by atoms with van der Waals surface area (Å²) in [5, 5.41) is 17.6. The maximum absolute atomic E-state index is 13.7. The second-order valence-electron chi connectivity index (χ2n) is 11.2. The molecule has 2 aromatic carbocycles. The predicted molar refractivity (Wildman–Crippen MR) is 158 cm³/mol. The molecule has 4 heterocycles. The Labute approximate surface area is 242 Å². The van der Waals surface area contributed by atoms with Crippen LogP contribution in [-0.4, -0.2) is 50.2 Å². The number of ketones is 1. The van der Waals surface area contributed by atoms with Gasteiger partial charge in [0, 0.05) is 56.9 Å². The summed E-state index contributed by atoms with van der Waals surface area (Å²) in [5.41, 5.74) is 5.98. The third-order valence-electron chi connectivity index (χ3n) is 8.64. The molecule has 0 bridgehead atoms. The number of benzene rings is 2. The van der Waals surface area contributed by atoms with E-state index < -0.39 is 6.09 Å². The van der Waals surface area contributed by atoms with E-state index in [9.17, 15) is 19.2 Å². The third-order valence-corrected chi connectivity index (χ3v) is 9.75. The number of H-pyrrole nitrogens is 2. The van der Waals surface area contributed by atoms with Gasteiger partial charge in [-0.2, -0.15) is 0 Å². The van der Waals surface area contributed by atoms with Crippen LogP contribution in [0, 0.1) is 12.8 Å². The number of likely N-dealkylation sites (tertiary alicyclic amines) is 1. The van der Waals surface area contributed by atoms with Crippen molar-refractivity contribution in [2.75, 3.05) is 17.2 Å². The van der Waals surface area contributed by atoms with Crippen molar-refractivity contribution in [2.45, 2.75) is 18.8 Å². The molecule has 3 aliphatic rings. The molecular formula is C31H23N5O5S. The first kappa shape index (κ1) is 24.6. The molecule has 0 unspecified atom stereocenters. The van der Waals surface area contributed by atoms with Crippen LogP contribution in [0.5, 0.6) is 0 Å². The summed E-state index contributed by atoms with van der Waals surface area (Å²) >= 11 is 1.49. The number of amides is 3. The molecule has 1 spiro atoms. The van der Waals surface area contributed by atoms with E-state index in [1.165, 1.54) is 11.3 Å². The normalized spacial score (nSPS) is 20.2. The number of hydrogen-bond donors (Lipinski definition) is 5. The van der Waals surface area contributed by atoms with Crippen LogP contribution in [0.2, 0.25) is 0 Å². The van der Waals surface area contributed by atoms with E-state index in [1.807, 2.05) is 18.4 Å². The first-order chi connectivity index (χ1) is 20.2. The number of aromatic amines is 2. The lowest BCUT2D eigenvalue weighted by atomic mass is 9.84. The van der Waals surface area contributed by atoms with E-state index in [-0.39, 0.29) is 23.0 Å². The Bertz CT molecular complexity index is 2080. The monoisotopic (exact) mass is 577 g/mol. The summed E-state index contributed by atoms with van der Waals surface area (Å²) in [7, 11) is 0. The summed E-state index contributed by atoms with van der Waals surface area (Å²) < 4.78 is 0. The van der Waals surface area contributed by atoms with Crippen LogP contribution in [-0.2, 0) is 5.41 Å². The summed E-state index contributed by atoms with van der Waals surface area (Å²) in [6.07, 6.45) is 1.46.